The van der Waals surface area contributed by atoms with Crippen LogP contribution in [0, 0.1) is 13.8 Å². The molecule has 0 bridgehead atoms. The van der Waals surface area contributed by atoms with E-state index in [2.05, 4.69) is 41.4 Å². The minimum absolute atomic E-state index is 0.173. The first-order valence-corrected chi connectivity index (χ1v) is 8.57. The Hall–Kier alpha value is -3.34. The van der Waals surface area contributed by atoms with Crippen molar-refractivity contribution in [3.8, 4) is 0 Å². The molecule has 0 atom stereocenters. The molecule has 4 rings (SSSR count). The molecule has 0 aliphatic rings. The van der Waals surface area contributed by atoms with Gasteiger partial charge in [-0.3, -0.25) is 4.79 Å². The van der Waals surface area contributed by atoms with Gasteiger partial charge in [0.1, 0.15) is 11.5 Å². The van der Waals surface area contributed by atoms with Crippen molar-refractivity contribution in [1.82, 2.24) is 14.8 Å². The van der Waals surface area contributed by atoms with Crippen molar-refractivity contribution in [3.05, 3.63) is 83.2 Å². The second kappa shape index (κ2) is 6.52. The van der Waals surface area contributed by atoms with Crippen molar-refractivity contribution in [2.45, 2.75) is 20.4 Å². The van der Waals surface area contributed by atoms with Gasteiger partial charge in [-0.2, -0.15) is 5.10 Å². The summed E-state index contributed by atoms with van der Waals surface area (Å²) in [6, 6.07) is 17.9. The lowest BCUT2D eigenvalue weighted by Gasteiger charge is -2.08. The Morgan fingerprint density at radius 3 is 2.73 bits per heavy atom. The third-order valence-electron chi connectivity index (χ3n) is 4.47. The fraction of sp³-hybridized carbons (Fsp3) is 0.143. The molecule has 0 saturated carbocycles. The van der Waals surface area contributed by atoms with Crippen molar-refractivity contribution in [2.75, 3.05) is 5.32 Å². The van der Waals surface area contributed by atoms with E-state index in [9.17, 15) is 4.79 Å². The first-order chi connectivity index (χ1) is 12.6. The molecule has 2 N–H and O–H groups in total. The van der Waals surface area contributed by atoms with Gasteiger partial charge in [0.2, 0.25) is 0 Å². The Balaban J connectivity index is 1.58. The number of aryl methyl sites for hydroxylation is 2. The van der Waals surface area contributed by atoms with Gasteiger partial charge < -0.3 is 10.3 Å². The predicted octanol–water partition coefficient (Wildman–Crippen LogP) is 4.28. The molecule has 0 aliphatic carbocycles. The minimum Gasteiger partial charge on any atom is -0.351 e. The zero-order chi connectivity index (χ0) is 18.1. The quantitative estimate of drug-likeness (QED) is 0.580. The highest BCUT2D eigenvalue weighted by atomic mass is 16.2. The molecule has 0 radical (unpaired) electrons. The van der Waals surface area contributed by atoms with E-state index in [1.54, 1.807) is 16.9 Å². The molecule has 0 unspecified atom stereocenters. The molecule has 0 spiro atoms. The van der Waals surface area contributed by atoms with Crippen LogP contribution < -0.4 is 5.32 Å². The molecule has 0 saturated heterocycles. The monoisotopic (exact) mass is 344 g/mol. The summed E-state index contributed by atoms with van der Waals surface area (Å²) in [5.74, 6) is 0.499. The molecule has 2 heterocycles. The van der Waals surface area contributed by atoms with Crippen LogP contribution in [0.3, 0.4) is 0 Å². The van der Waals surface area contributed by atoms with E-state index >= 15 is 0 Å². The highest BCUT2D eigenvalue weighted by Crippen LogP contribution is 2.22. The van der Waals surface area contributed by atoms with Gasteiger partial charge in [0.25, 0.3) is 5.91 Å². The third kappa shape index (κ3) is 3.11. The molecule has 1 amide bonds. The molecule has 4 aromatic rings. The Bertz CT molecular complexity index is 1080. The summed E-state index contributed by atoms with van der Waals surface area (Å²) in [5, 5.41) is 8.34. The van der Waals surface area contributed by atoms with Crippen molar-refractivity contribution in [3.63, 3.8) is 0 Å². The average Bonchev–Trinajstić information content (AvgIpc) is 3.23. The molecule has 0 fully saturated rings. The SMILES string of the molecule is Cc1cc(C)c2cc(C(=O)Nc3ccnn3Cc3ccccc3)[nH]c2c1. The van der Waals surface area contributed by atoms with E-state index in [-0.39, 0.29) is 5.91 Å². The average molecular weight is 344 g/mol. The number of hydrogen-bond acceptors (Lipinski definition) is 2. The summed E-state index contributed by atoms with van der Waals surface area (Å²) < 4.78 is 1.78. The van der Waals surface area contributed by atoms with E-state index < -0.39 is 0 Å². The zero-order valence-corrected chi connectivity index (χ0v) is 14.8. The van der Waals surface area contributed by atoms with Crippen molar-refractivity contribution >= 4 is 22.6 Å². The van der Waals surface area contributed by atoms with Gasteiger partial charge in [-0.25, -0.2) is 4.68 Å². The van der Waals surface area contributed by atoms with Crippen molar-refractivity contribution in [1.29, 1.82) is 0 Å². The number of amides is 1. The standard InChI is InChI=1S/C21H20N4O/c1-14-10-15(2)17-12-19(23-18(17)11-14)21(26)24-20-8-9-22-25(20)13-16-6-4-3-5-7-16/h3-12,23H,13H2,1-2H3,(H,24,26). The number of H-pyrrole nitrogens is 1. The van der Waals surface area contributed by atoms with Crippen LogP contribution in [-0.2, 0) is 6.54 Å². The molecule has 0 aliphatic heterocycles. The number of nitrogens with one attached hydrogen (secondary N) is 2. The molecule has 26 heavy (non-hydrogen) atoms. The fourth-order valence-corrected chi connectivity index (χ4v) is 3.23. The maximum absolute atomic E-state index is 12.7. The topological polar surface area (TPSA) is 62.7 Å². The Labute approximate surface area is 151 Å². The Kier molecular flexibility index (Phi) is 4.05. The van der Waals surface area contributed by atoms with Gasteiger partial charge >= 0.3 is 0 Å². The molecule has 2 aromatic heterocycles. The third-order valence-corrected chi connectivity index (χ3v) is 4.47. The van der Waals surface area contributed by atoms with Gasteiger partial charge in [-0.1, -0.05) is 36.4 Å². The first-order valence-electron chi connectivity index (χ1n) is 8.57. The number of aromatic amines is 1. The molecular weight excluding hydrogens is 324 g/mol. The van der Waals surface area contributed by atoms with Crippen molar-refractivity contribution in [2.24, 2.45) is 0 Å². The van der Waals surface area contributed by atoms with Crippen LogP contribution >= 0.6 is 0 Å². The number of aromatic nitrogens is 3. The van der Waals surface area contributed by atoms with Gasteiger partial charge in [-0.05, 0) is 42.7 Å². The fourth-order valence-electron chi connectivity index (χ4n) is 3.23. The van der Waals surface area contributed by atoms with E-state index in [1.165, 1.54) is 5.56 Å². The maximum atomic E-state index is 12.7. The van der Waals surface area contributed by atoms with E-state index in [0.29, 0.717) is 18.1 Å². The van der Waals surface area contributed by atoms with Crippen LogP contribution in [0.2, 0.25) is 0 Å². The Morgan fingerprint density at radius 2 is 1.92 bits per heavy atom. The van der Waals surface area contributed by atoms with Gasteiger partial charge in [-0.15, -0.1) is 0 Å². The highest BCUT2D eigenvalue weighted by Gasteiger charge is 2.13. The van der Waals surface area contributed by atoms with Crippen LogP contribution in [-0.4, -0.2) is 20.7 Å². The maximum Gasteiger partial charge on any atom is 0.273 e. The number of benzene rings is 2. The van der Waals surface area contributed by atoms with Gasteiger partial charge in [0.15, 0.2) is 0 Å². The lowest BCUT2D eigenvalue weighted by molar-refractivity contribution is 0.102. The van der Waals surface area contributed by atoms with E-state index in [0.717, 1.165) is 22.0 Å². The molecular formula is C21H20N4O. The number of carbonyl (C=O) groups is 1. The van der Waals surface area contributed by atoms with E-state index in [4.69, 9.17) is 0 Å². The van der Waals surface area contributed by atoms with Gasteiger partial charge in [0.05, 0.1) is 12.7 Å². The van der Waals surface area contributed by atoms with Crippen LogP contribution in [0.4, 0.5) is 5.82 Å². The highest BCUT2D eigenvalue weighted by molar-refractivity contribution is 6.06. The number of anilines is 1. The van der Waals surface area contributed by atoms with Crippen LogP contribution in [0.15, 0.2) is 60.8 Å². The minimum atomic E-state index is -0.173. The lowest BCUT2D eigenvalue weighted by Crippen LogP contribution is -2.16. The van der Waals surface area contributed by atoms with Crippen LogP contribution in [0.5, 0.6) is 0 Å². The number of nitrogens with zero attached hydrogens (tertiary/aromatic N) is 2. The summed E-state index contributed by atoms with van der Waals surface area (Å²) in [7, 11) is 0. The Morgan fingerprint density at radius 1 is 1.12 bits per heavy atom. The first kappa shape index (κ1) is 16.1. The summed E-state index contributed by atoms with van der Waals surface area (Å²) in [5.41, 5.74) is 4.98. The molecule has 130 valence electrons. The molecule has 5 heteroatoms. The molecule has 2 aromatic carbocycles. The van der Waals surface area contributed by atoms with Gasteiger partial charge in [0, 0.05) is 17.0 Å². The number of fused-ring (bicyclic) bond motifs is 1. The predicted molar refractivity (Wildman–Crippen MR) is 103 cm³/mol. The van der Waals surface area contributed by atoms with Crippen LogP contribution in [0.25, 0.3) is 10.9 Å². The molecule has 5 nitrogen and oxygen atoms in total. The summed E-state index contributed by atoms with van der Waals surface area (Å²) >= 11 is 0. The summed E-state index contributed by atoms with van der Waals surface area (Å²) in [4.78, 5) is 15.9. The number of hydrogen-bond donors (Lipinski definition) is 2. The number of carbonyl (C=O) groups excluding carboxylic acids is 1. The van der Waals surface area contributed by atoms with Crippen LogP contribution in [0.1, 0.15) is 27.2 Å². The number of rotatable bonds is 4. The van der Waals surface area contributed by atoms with E-state index in [1.807, 2.05) is 36.4 Å². The normalized spacial score (nSPS) is 11.0. The second-order valence-corrected chi connectivity index (χ2v) is 6.54. The summed E-state index contributed by atoms with van der Waals surface area (Å²) in [6.45, 7) is 4.71. The lowest BCUT2D eigenvalue weighted by atomic mass is 10.1. The van der Waals surface area contributed by atoms with Crippen molar-refractivity contribution < 1.29 is 4.79 Å². The smallest absolute Gasteiger partial charge is 0.273 e. The summed E-state index contributed by atoms with van der Waals surface area (Å²) in [6.07, 6.45) is 1.69. The zero-order valence-electron chi connectivity index (χ0n) is 14.8. The second-order valence-electron chi connectivity index (χ2n) is 6.54. The largest absolute Gasteiger partial charge is 0.351 e.